The Hall–Kier alpha value is -3.99. The van der Waals surface area contributed by atoms with Gasteiger partial charge in [0.2, 0.25) is 5.90 Å². The predicted molar refractivity (Wildman–Crippen MR) is 177 cm³/mol. The highest BCUT2D eigenvalue weighted by Gasteiger charge is 2.54. The number of rotatable bonds is 13. The van der Waals surface area contributed by atoms with Crippen molar-refractivity contribution >= 4 is 37.6 Å². The molecule has 0 spiro atoms. The lowest BCUT2D eigenvalue weighted by atomic mass is 9.85. The molecule has 4 aromatic rings. The minimum atomic E-state index is -3.76. The molecular formula is C35H35BrN2O6S. The van der Waals surface area contributed by atoms with E-state index in [1.54, 1.807) is 54.6 Å². The first-order valence-electron chi connectivity index (χ1n) is 14.7. The van der Waals surface area contributed by atoms with Crippen molar-refractivity contribution in [3.05, 3.63) is 130 Å². The lowest BCUT2D eigenvalue weighted by Crippen LogP contribution is -2.49. The molecule has 0 saturated carbocycles. The first-order valence-corrected chi connectivity index (χ1v) is 17.1. The van der Waals surface area contributed by atoms with Crippen LogP contribution in [0, 0.1) is 6.92 Å². The molecule has 0 saturated heterocycles. The van der Waals surface area contributed by atoms with Crippen LogP contribution in [0.15, 0.2) is 117 Å². The number of carbonyl (C=O) groups is 1. The second-order valence-electron chi connectivity index (χ2n) is 10.9. The van der Waals surface area contributed by atoms with Gasteiger partial charge in [-0.25, -0.2) is 13.4 Å². The summed E-state index contributed by atoms with van der Waals surface area (Å²) < 4.78 is 39.9. The lowest BCUT2D eigenvalue weighted by Gasteiger charge is -2.31. The number of aliphatic imine (C=N–C) groups is 1. The number of nitrogens with one attached hydrogen (secondary N) is 1. The van der Waals surface area contributed by atoms with Gasteiger partial charge in [0.15, 0.2) is 21.5 Å². The van der Waals surface area contributed by atoms with Gasteiger partial charge < -0.3 is 19.9 Å². The second kappa shape index (κ2) is 14.4. The van der Waals surface area contributed by atoms with Crippen molar-refractivity contribution in [3.63, 3.8) is 0 Å². The first-order chi connectivity index (χ1) is 21.7. The number of ether oxygens (including phenoxy) is 2. The van der Waals surface area contributed by atoms with E-state index in [-0.39, 0.29) is 36.1 Å². The third-order valence-electron chi connectivity index (χ3n) is 7.61. The van der Waals surface area contributed by atoms with E-state index in [1.807, 2.05) is 55.5 Å². The number of sulfone groups is 1. The van der Waals surface area contributed by atoms with Crippen LogP contribution in [0.5, 0.6) is 5.75 Å². The molecule has 2 atom stereocenters. The summed E-state index contributed by atoms with van der Waals surface area (Å²) in [5, 5.41) is 12.1. The molecule has 2 N–H and O–H groups in total. The number of benzene rings is 4. The van der Waals surface area contributed by atoms with Crippen LogP contribution in [-0.2, 0) is 25.9 Å². The van der Waals surface area contributed by atoms with Gasteiger partial charge >= 0.3 is 0 Å². The fourth-order valence-electron chi connectivity index (χ4n) is 5.23. The zero-order chi connectivity index (χ0) is 31.9. The number of nitrogens with zero attached hydrogens (tertiary/aromatic N) is 1. The van der Waals surface area contributed by atoms with Gasteiger partial charge in [-0.15, -0.1) is 0 Å². The van der Waals surface area contributed by atoms with Gasteiger partial charge in [0, 0.05) is 41.6 Å². The summed E-state index contributed by atoms with van der Waals surface area (Å²) >= 11 is 3.62. The molecule has 0 fully saturated rings. The van der Waals surface area contributed by atoms with Crippen LogP contribution in [0.3, 0.4) is 0 Å². The number of aliphatic hydroxyl groups is 1. The van der Waals surface area contributed by atoms with Crippen LogP contribution < -0.4 is 10.1 Å². The Kier molecular flexibility index (Phi) is 10.4. The molecule has 1 aliphatic heterocycles. The van der Waals surface area contributed by atoms with Crippen LogP contribution in [-0.4, -0.2) is 49.8 Å². The normalized spacial score (nSPS) is 17.8. The molecule has 8 nitrogen and oxygen atoms in total. The summed E-state index contributed by atoms with van der Waals surface area (Å²) in [5.41, 5.74) is 1.64. The van der Waals surface area contributed by atoms with Crippen molar-refractivity contribution in [1.29, 1.82) is 0 Å². The van der Waals surface area contributed by atoms with E-state index >= 15 is 0 Å². The fourth-order valence-corrected chi connectivity index (χ4v) is 7.11. The van der Waals surface area contributed by atoms with E-state index in [0.29, 0.717) is 34.4 Å². The SMILES string of the molecule is Cc1cccc(CNC(=O)[C@]2(CCS(=O)(=O)c3ccccc3)N=C(c3ccc(OCCCO)cc3)O[C@@H]2c2ccccc2Br)c1. The van der Waals surface area contributed by atoms with Crippen LogP contribution >= 0.6 is 15.9 Å². The minimum Gasteiger partial charge on any atom is -0.494 e. The van der Waals surface area contributed by atoms with Gasteiger partial charge in [-0.2, -0.15) is 0 Å². The zero-order valence-electron chi connectivity index (χ0n) is 24.9. The molecule has 0 aromatic heterocycles. The summed E-state index contributed by atoms with van der Waals surface area (Å²) in [6.07, 6.45) is -0.536. The smallest absolute Gasteiger partial charge is 0.252 e. The van der Waals surface area contributed by atoms with Gasteiger partial charge in [-0.05, 0) is 55.0 Å². The molecule has 10 heteroatoms. The van der Waals surface area contributed by atoms with E-state index in [2.05, 4.69) is 21.2 Å². The number of aliphatic hydroxyl groups excluding tert-OH is 1. The first kappa shape index (κ1) is 32.4. The largest absolute Gasteiger partial charge is 0.494 e. The van der Waals surface area contributed by atoms with Gasteiger partial charge in [0.1, 0.15) is 5.75 Å². The molecule has 0 unspecified atom stereocenters. The van der Waals surface area contributed by atoms with E-state index in [1.165, 1.54) is 0 Å². The molecule has 1 aliphatic rings. The number of hydrogen-bond donors (Lipinski definition) is 2. The molecule has 45 heavy (non-hydrogen) atoms. The lowest BCUT2D eigenvalue weighted by molar-refractivity contribution is -0.129. The van der Waals surface area contributed by atoms with E-state index in [4.69, 9.17) is 19.6 Å². The maximum absolute atomic E-state index is 14.4. The van der Waals surface area contributed by atoms with Crippen molar-refractivity contribution in [2.24, 2.45) is 4.99 Å². The standard InChI is InChI=1S/C35H35BrN2O6S/c1-25-9-7-10-26(23-25)24-37-34(40)35(19-22-45(41,42)29-11-3-2-4-12-29)32(30-13-5-6-14-31(30)36)44-33(38-35)27-15-17-28(18-16-27)43-21-8-20-39/h2-7,9-18,23,32,39H,8,19-22,24H2,1H3,(H,37,40)/t32-,35-/m1/s1. The quantitative estimate of drug-likeness (QED) is 0.168. The average molecular weight is 692 g/mol. The number of halogens is 1. The van der Waals surface area contributed by atoms with Gasteiger partial charge in [-0.1, -0.05) is 82.2 Å². The van der Waals surface area contributed by atoms with Crippen LogP contribution in [0.1, 0.15) is 41.2 Å². The zero-order valence-corrected chi connectivity index (χ0v) is 27.3. The van der Waals surface area contributed by atoms with E-state index in [0.717, 1.165) is 11.1 Å². The third-order valence-corrected chi connectivity index (χ3v) is 10.1. The number of carbonyl (C=O) groups excluding carboxylic acids is 1. The third kappa shape index (κ3) is 7.64. The molecular weight excluding hydrogens is 656 g/mol. The number of amides is 1. The maximum Gasteiger partial charge on any atom is 0.252 e. The second-order valence-corrected chi connectivity index (χ2v) is 13.8. The number of hydrogen-bond acceptors (Lipinski definition) is 7. The maximum atomic E-state index is 14.4. The molecule has 4 aromatic carbocycles. The van der Waals surface area contributed by atoms with Crippen molar-refractivity contribution in [2.75, 3.05) is 19.0 Å². The van der Waals surface area contributed by atoms with Crippen molar-refractivity contribution in [2.45, 2.75) is 42.8 Å². The Bertz CT molecular complexity index is 1760. The van der Waals surface area contributed by atoms with Gasteiger partial charge in [0.25, 0.3) is 5.91 Å². The van der Waals surface area contributed by atoms with Crippen LogP contribution in [0.4, 0.5) is 0 Å². The molecule has 1 amide bonds. The molecule has 0 aliphatic carbocycles. The van der Waals surface area contributed by atoms with Crippen molar-refractivity contribution in [1.82, 2.24) is 5.32 Å². The fraction of sp³-hybridized carbons (Fsp3) is 0.257. The van der Waals surface area contributed by atoms with E-state index < -0.39 is 27.4 Å². The Morgan fingerprint density at radius 1 is 1.00 bits per heavy atom. The highest BCUT2D eigenvalue weighted by molar-refractivity contribution is 9.10. The highest BCUT2D eigenvalue weighted by atomic mass is 79.9. The Labute approximate surface area is 272 Å². The molecule has 0 bridgehead atoms. The summed E-state index contributed by atoms with van der Waals surface area (Å²) in [6, 6.07) is 30.5. The molecule has 5 rings (SSSR count). The molecule has 0 radical (unpaired) electrons. The minimum absolute atomic E-state index is 0.0349. The Balaban J connectivity index is 1.55. The summed E-state index contributed by atoms with van der Waals surface area (Å²) in [7, 11) is -3.76. The number of aryl methyl sites for hydroxylation is 1. The Morgan fingerprint density at radius 3 is 2.44 bits per heavy atom. The topological polar surface area (TPSA) is 114 Å². The monoisotopic (exact) mass is 690 g/mol. The summed E-state index contributed by atoms with van der Waals surface area (Å²) in [5.74, 6) is 0.0740. The van der Waals surface area contributed by atoms with E-state index in [9.17, 15) is 13.2 Å². The average Bonchev–Trinajstić information content (AvgIpc) is 3.44. The summed E-state index contributed by atoms with van der Waals surface area (Å²) in [6.45, 7) is 2.63. The van der Waals surface area contributed by atoms with Gasteiger partial charge in [0.05, 0.1) is 17.3 Å². The van der Waals surface area contributed by atoms with Crippen molar-refractivity contribution < 1.29 is 27.8 Å². The highest BCUT2D eigenvalue weighted by Crippen LogP contribution is 2.45. The summed E-state index contributed by atoms with van der Waals surface area (Å²) in [4.78, 5) is 19.5. The van der Waals surface area contributed by atoms with Gasteiger partial charge in [-0.3, -0.25) is 4.79 Å². The van der Waals surface area contributed by atoms with Crippen LogP contribution in [0.2, 0.25) is 0 Å². The molecule has 1 heterocycles. The Morgan fingerprint density at radius 2 is 1.73 bits per heavy atom. The molecule has 234 valence electrons. The van der Waals surface area contributed by atoms with Crippen molar-refractivity contribution in [3.8, 4) is 5.75 Å². The van der Waals surface area contributed by atoms with Crippen LogP contribution in [0.25, 0.3) is 0 Å². The predicted octanol–water partition coefficient (Wildman–Crippen LogP) is 5.96.